The number of carboxylic acids is 1. The van der Waals surface area contributed by atoms with Gasteiger partial charge in [-0.15, -0.1) is 0 Å². The van der Waals surface area contributed by atoms with Gasteiger partial charge >= 0.3 is 5.97 Å². The molecule has 10 heavy (non-hydrogen) atoms. The van der Waals surface area contributed by atoms with Gasteiger partial charge in [0.25, 0.3) is 0 Å². The van der Waals surface area contributed by atoms with E-state index in [2.05, 4.69) is 0 Å². The third-order valence-electron chi connectivity index (χ3n) is 1.09. The van der Waals surface area contributed by atoms with E-state index < -0.39 is 18.2 Å². The van der Waals surface area contributed by atoms with Crippen molar-refractivity contribution in [2.75, 3.05) is 0 Å². The van der Waals surface area contributed by atoms with E-state index in [0.29, 0.717) is 0 Å². The maximum Gasteiger partial charge on any atom is 0.320 e. The van der Waals surface area contributed by atoms with Crippen LogP contribution in [0.3, 0.4) is 0 Å². The van der Waals surface area contributed by atoms with Gasteiger partial charge in [-0.05, 0) is 12.8 Å². The molecule has 0 aromatic carbocycles. The summed E-state index contributed by atoms with van der Waals surface area (Å²) in [4.78, 5) is 10.1. The number of aliphatic carboxylic acids is 1. The lowest BCUT2D eigenvalue weighted by Crippen LogP contribution is -2.32. The lowest BCUT2D eigenvalue weighted by atomic mass is 10.1. The normalized spacial score (nSPS) is 16.3. The molecule has 0 radical (unpaired) electrons. The highest BCUT2D eigenvalue weighted by atomic mass is 16.4. The Bertz CT molecular complexity index is 115. The van der Waals surface area contributed by atoms with E-state index >= 15 is 0 Å². The van der Waals surface area contributed by atoms with E-state index in [1.54, 1.807) is 0 Å². The zero-order chi connectivity index (χ0) is 8.15. The Morgan fingerprint density at radius 2 is 1.90 bits per heavy atom. The maximum absolute atomic E-state index is 10.1. The van der Waals surface area contributed by atoms with Crippen LogP contribution in [-0.2, 0) is 4.79 Å². The van der Waals surface area contributed by atoms with Crippen LogP contribution in [0.4, 0.5) is 0 Å². The lowest BCUT2D eigenvalue weighted by molar-refractivity contribution is -0.138. The predicted octanol–water partition coefficient (Wildman–Crippen LogP) is -1.54. The lowest BCUT2D eigenvalue weighted by Gasteiger charge is -2.06. The summed E-state index contributed by atoms with van der Waals surface area (Å²) in [6.45, 7) is 0. The fourth-order valence-corrected chi connectivity index (χ4v) is 0.474. The van der Waals surface area contributed by atoms with Crippen LogP contribution >= 0.6 is 0 Å². The van der Waals surface area contributed by atoms with Gasteiger partial charge in [0.05, 0.1) is 0 Å². The SMILES string of the molecule is NC(O)CC[C@H](N)C(=O)O. The quantitative estimate of drug-likeness (QED) is 0.361. The Labute approximate surface area is 58.6 Å². The smallest absolute Gasteiger partial charge is 0.320 e. The van der Waals surface area contributed by atoms with Crippen LogP contribution in [0, 0.1) is 0 Å². The van der Waals surface area contributed by atoms with Gasteiger partial charge in [-0.2, -0.15) is 0 Å². The third kappa shape index (κ3) is 4.25. The average molecular weight is 148 g/mol. The topological polar surface area (TPSA) is 110 Å². The van der Waals surface area contributed by atoms with Crippen LogP contribution in [0.5, 0.6) is 0 Å². The monoisotopic (exact) mass is 148 g/mol. The van der Waals surface area contributed by atoms with Crippen LogP contribution in [0.1, 0.15) is 12.8 Å². The standard InChI is InChI=1S/C5H12N2O3/c6-3(5(9)10)1-2-4(7)8/h3-4,8H,1-2,6-7H2,(H,9,10)/t3-,4?/m0/s1. The van der Waals surface area contributed by atoms with E-state index in [1.807, 2.05) is 0 Å². The largest absolute Gasteiger partial charge is 0.480 e. The van der Waals surface area contributed by atoms with Crippen LogP contribution in [0.25, 0.3) is 0 Å². The number of aliphatic hydroxyl groups is 1. The summed E-state index contributed by atoms with van der Waals surface area (Å²) in [5.74, 6) is -1.07. The number of rotatable bonds is 4. The third-order valence-corrected chi connectivity index (χ3v) is 1.09. The van der Waals surface area contributed by atoms with Gasteiger partial charge in [0.1, 0.15) is 12.3 Å². The molecule has 0 aliphatic carbocycles. The molecule has 0 saturated carbocycles. The molecule has 1 unspecified atom stereocenters. The van der Waals surface area contributed by atoms with Gasteiger partial charge < -0.3 is 21.7 Å². The average Bonchev–Trinajstić information content (AvgIpc) is 1.82. The molecular formula is C5H12N2O3. The fourth-order valence-electron chi connectivity index (χ4n) is 0.474. The summed E-state index contributed by atoms with van der Waals surface area (Å²) >= 11 is 0. The molecule has 0 fully saturated rings. The van der Waals surface area contributed by atoms with Crippen LogP contribution in [0.15, 0.2) is 0 Å². The Morgan fingerprint density at radius 1 is 1.40 bits per heavy atom. The molecule has 0 bridgehead atoms. The molecule has 0 amide bonds. The zero-order valence-corrected chi connectivity index (χ0v) is 5.53. The second-order valence-corrected chi connectivity index (χ2v) is 2.09. The molecule has 0 spiro atoms. The Morgan fingerprint density at radius 3 is 2.20 bits per heavy atom. The molecule has 5 heteroatoms. The van der Waals surface area contributed by atoms with Gasteiger partial charge in [0.2, 0.25) is 0 Å². The van der Waals surface area contributed by atoms with Crippen LogP contribution in [-0.4, -0.2) is 28.5 Å². The molecule has 0 aromatic rings. The van der Waals surface area contributed by atoms with Crippen molar-refractivity contribution >= 4 is 5.97 Å². The van der Waals surface area contributed by atoms with Gasteiger partial charge in [0, 0.05) is 0 Å². The molecule has 0 rings (SSSR count). The van der Waals surface area contributed by atoms with E-state index in [0.717, 1.165) is 0 Å². The van der Waals surface area contributed by atoms with Gasteiger partial charge in [0.15, 0.2) is 0 Å². The summed E-state index contributed by atoms with van der Waals surface area (Å²) in [5, 5.41) is 16.8. The first-order chi connectivity index (χ1) is 4.54. The number of hydrogen-bond donors (Lipinski definition) is 4. The van der Waals surface area contributed by atoms with E-state index in [9.17, 15) is 4.79 Å². The summed E-state index contributed by atoms with van der Waals surface area (Å²) in [6.07, 6.45) is -0.550. The van der Waals surface area contributed by atoms with E-state index in [1.165, 1.54) is 0 Å². The molecule has 0 aliphatic rings. The highest BCUT2D eigenvalue weighted by molar-refractivity contribution is 5.72. The predicted molar refractivity (Wildman–Crippen MR) is 35.0 cm³/mol. The van der Waals surface area contributed by atoms with Crippen molar-refractivity contribution in [3.05, 3.63) is 0 Å². The molecular weight excluding hydrogens is 136 g/mol. The first kappa shape index (κ1) is 9.35. The van der Waals surface area contributed by atoms with Crippen molar-refractivity contribution in [2.24, 2.45) is 11.5 Å². The molecule has 0 aromatic heterocycles. The first-order valence-corrected chi connectivity index (χ1v) is 2.96. The molecule has 0 saturated heterocycles. The Hall–Kier alpha value is -0.650. The zero-order valence-electron chi connectivity index (χ0n) is 5.53. The summed E-state index contributed by atoms with van der Waals surface area (Å²) in [7, 11) is 0. The molecule has 5 nitrogen and oxygen atoms in total. The summed E-state index contributed by atoms with van der Waals surface area (Å²) in [6, 6.07) is -0.918. The number of carbonyl (C=O) groups is 1. The minimum Gasteiger partial charge on any atom is -0.480 e. The van der Waals surface area contributed by atoms with Crippen molar-refractivity contribution in [3.63, 3.8) is 0 Å². The Kier molecular flexibility index (Phi) is 3.94. The Balaban J connectivity index is 3.40. The molecule has 60 valence electrons. The van der Waals surface area contributed by atoms with Crippen molar-refractivity contribution in [1.82, 2.24) is 0 Å². The number of aliphatic hydroxyl groups excluding tert-OH is 1. The van der Waals surface area contributed by atoms with Gasteiger partial charge in [-0.1, -0.05) is 0 Å². The summed E-state index contributed by atoms with van der Waals surface area (Å²) in [5.41, 5.74) is 10.0. The highest BCUT2D eigenvalue weighted by Crippen LogP contribution is 1.95. The van der Waals surface area contributed by atoms with Crippen molar-refractivity contribution in [2.45, 2.75) is 25.1 Å². The summed E-state index contributed by atoms with van der Waals surface area (Å²) < 4.78 is 0. The minimum atomic E-state index is -1.07. The molecule has 2 atom stereocenters. The van der Waals surface area contributed by atoms with Crippen LogP contribution < -0.4 is 11.5 Å². The number of nitrogens with two attached hydrogens (primary N) is 2. The first-order valence-electron chi connectivity index (χ1n) is 2.96. The van der Waals surface area contributed by atoms with Gasteiger partial charge in [-0.25, -0.2) is 0 Å². The van der Waals surface area contributed by atoms with Crippen molar-refractivity contribution < 1.29 is 15.0 Å². The second-order valence-electron chi connectivity index (χ2n) is 2.09. The molecule has 6 N–H and O–H groups in total. The molecule has 0 heterocycles. The van der Waals surface area contributed by atoms with Crippen molar-refractivity contribution in [3.8, 4) is 0 Å². The highest BCUT2D eigenvalue weighted by Gasteiger charge is 2.11. The van der Waals surface area contributed by atoms with Crippen molar-refractivity contribution in [1.29, 1.82) is 0 Å². The number of hydrogen-bond acceptors (Lipinski definition) is 4. The van der Waals surface area contributed by atoms with Gasteiger partial charge in [-0.3, -0.25) is 4.79 Å². The molecule has 0 aliphatic heterocycles. The van der Waals surface area contributed by atoms with Crippen LogP contribution in [0.2, 0.25) is 0 Å². The van der Waals surface area contributed by atoms with E-state index in [-0.39, 0.29) is 12.8 Å². The second kappa shape index (κ2) is 4.21. The fraction of sp³-hybridized carbons (Fsp3) is 0.800. The number of carboxylic acid groups (broad SMARTS) is 1. The van der Waals surface area contributed by atoms with E-state index in [4.69, 9.17) is 21.7 Å². The maximum atomic E-state index is 10.1. The minimum absolute atomic E-state index is 0.201.